The highest BCUT2D eigenvalue weighted by Crippen LogP contribution is 2.38. The number of para-hydroxylation sites is 1. The van der Waals surface area contributed by atoms with Gasteiger partial charge in [0.05, 0.1) is 23.2 Å². The number of nitrogens with zero attached hydrogens (tertiary/aromatic N) is 3. The van der Waals surface area contributed by atoms with E-state index in [2.05, 4.69) is 21.3 Å². The average Bonchev–Trinajstić information content (AvgIpc) is 3.18. The normalized spacial score (nSPS) is 15.7. The number of hydrogen-bond donors (Lipinski definition) is 3. The SMILES string of the molecule is Cc1nc2ccccc2c(=O)n1NC(=O)CNNC(=S)N1C(=O)CSC1c1ccccc1. The maximum Gasteiger partial charge on any atom is 0.280 e. The van der Waals surface area contributed by atoms with Gasteiger partial charge in [0.25, 0.3) is 11.5 Å². The van der Waals surface area contributed by atoms with Crippen LogP contribution in [0.3, 0.4) is 0 Å². The molecule has 2 aromatic carbocycles. The summed E-state index contributed by atoms with van der Waals surface area (Å²) in [6.07, 6.45) is 0. The van der Waals surface area contributed by atoms with Crippen LogP contribution in [0.2, 0.25) is 0 Å². The minimum atomic E-state index is -0.482. The van der Waals surface area contributed by atoms with Crippen LogP contribution >= 0.6 is 24.0 Å². The number of rotatable bonds is 5. The molecule has 1 aliphatic heterocycles. The van der Waals surface area contributed by atoms with Gasteiger partial charge in [-0.2, -0.15) is 0 Å². The quantitative estimate of drug-likeness (QED) is 0.381. The number of fused-ring (bicyclic) bond motifs is 1. The molecule has 1 atom stereocenters. The predicted molar refractivity (Wildman–Crippen MR) is 127 cm³/mol. The van der Waals surface area contributed by atoms with E-state index in [4.69, 9.17) is 12.2 Å². The fourth-order valence-corrected chi connectivity index (χ4v) is 4.82. The van der Waals surface area contributed by atoms with E-state index in [9.17, 15) is 14.4 Å². The van der Waals surface area contributed by atoms with Gasteiger partial charge in [0.2, 0.25) is 5.91 Å². The Balaban J connectivity index is 1.37. The second-order valence-corrected chi connectivity index (χ2v) is 8.43. The largest absolute Gasteiger partial charge is 0.297 e. The summed E-state index contributed by atoms with van der Waals surface area (Å²) in [4.78, 5) is 43.2. The summed E-state index contributed by atoms with van der Waals surface area (Å²) in [5.41, 5.74) is 9.14. The maximum atomic E-state index is 12.7. The van der Waals surface area contributed by atoms with Crippen molar-refractivity contribution in [2.75, 3.05) is 17.7 Å². The van der Waals surface area contributed by atoms with Gasteiger partial charge >= 0.3 is 0 Å². The second kappa shape index (κ2) is 9.47. The molecule has 0 radical (unpaired) electrons. The van der Waals surface area contributed by atoms with Crippen molar-refractivity contribution in [2.24, 2.45) is 0 Å². The Hall–Kier alpha value is -3.28. The van der Waals surface area contributed by atoms with Gasteiger partial charge in [-0.25, -0.2) is 15.1 Å². The first-order chi connectivity index (χ1) is 15.5. The molecule has 32 heavy (non-hydrogen) atoms. The number of aryl methyl sites for hydroxylation is 1. The molecule has 1 unspecified atom stereocenters. The first kappa shape index (κ1) is 21.9. The van der Waals surface area contributed by atoms with E-state index in [0.717, 1.165) is 10.2 Å². The van der Waals surface area contributed by atoms with E-state index in [1.165, 1.54) is 16.7 Å². The van der Waals surface area contributed by atoms with Gasteiger partial charge in [0.1, 0.15) is 11.2 Å². The van der Waals surface area contributed by atoms with E-state index >= 15 is 0 Å². The molecule has 9 nitrogen and oxygen atoms in total. The highest BCUT2D eigenvalue weighted by atomic mass is 32.2. The van der Waals surface area contributed by atoms with E-state index in [1.807, 2.05) is 30.3 Å². The number of thiocarbonyl (C=S) groups is 1. The van der Waals surface area contributed by atoms with Crippen LogP contribution in [0.5, 0.6) is 0 Å². The molecule has 3 aromatic rings. The third kappa shape index (κ3) is 4.49. The lowest BCUT2D eigenvalue weighted by Crippen LogP contribution is -2.50. The fraction of sp³-hybridized carbons (Fsp3) is 0.190. The third-order valence-electron chi connectivity index (χ3n) is 4.80. The molecule has 1 aliphatic rings. The number of aromatic nitrogens is 2. The van der Waals surface area contributed by atoms with Crippen LogP contribution in [-0.2, 0) is 9.59 Å². The lowest BCUT2D eigenvalue weighted by molar-refractivity contribution is -0.124. The fourth-order valence-electron chi connectivity index (χ4n) is 3.31. The van der Waals surface area contributed by atoms with Crippen molar-refractivity contribution in [1.29, 1.82) is 0 Å². The van der Waals surface area contributed by atoms with E-state index in [0.29, 0.717) is 22.5 Å². The molecule has 0 bridgehead atoms. The molecule has 2 heterocycles. The van der Waals surface area contributed by atoms with Crippen LogP contribution < -0.4 is 21.8 Å². The average molecular weight is 469 g/mol. The molecule has 1 saturated heterocycles. The first-order valence-corrected chi connectivity index (χ1v) is 11.2. The van der Waals surface area contributed by atoms with Crippen molar-refractivity contribution < 1.29 is 9.59 Å². The number of carbonyl (C=O) groups excluding carboxylic acids is 2. The minimum Gasteiger partial charge on any atom is -0.297 e. The van der Waals surface area contributed by atoms with Crippen LogP contribution in [0, 0.1) is 6.92 Å². The molecule has 4 rings (SSSR count). The molecule has 0 saturated carbocycles. The Kier molecular flexibility index (Phi) is 6.49. The summed E-state index contributed by atoms with van der Waals surface area (Å²) in [5.74, 6) is 0.0798. The van der Waals surface area contributed by atoms with Crippen molar-refractivity contribution in [3.05, 3.63) is 76.3 Å². The first-order valence-electron chi connectivity index (χ1n) is 9.75. The summed E-state index contributed by atoms with van der Waals surface area (Å²) < 4.78 is 1.11. The topological polar surface area (TPSA) is 108 Å². The Labute approximate surface area is 193 Å². The summed E-state index contributed by atoms with van der Waals surface area (Å²) in [6.45, 7) is 1.44. The van der Waals surface area contributed by atoms with Crippen molar-refractivity contribution in [1.82, 2.24) is 25.4 Å². The standard InChI is InChI=1S/C21H20N6O3S2/c1-13-23-16-10-6-5-9-15(16)19(30)27(13)25-17(28)11-22-24-21(31)26-18(29)12-32-20(26)14-7-3-2-4-8-14/h2-10,20,22H,11-12H2,1H3,(H,24,31)(H,25,28). The molecular weight excluding hydrogens is 448 g/mol. The van der Waals surface area contributed by atoms with Gasteiger partial charge in [-0.15, -0.1) is 11.8 Å². The van der Waals surface area contributed by atoms with Crippen LogP contribution in [0.4, 0.5) is 0 Å². The van der Waals surface area contributed by atoms with Crippen molar-refractivity contribution in [3.8, 4) is 0 Å². The van der Waals surface area contributed by atoms with Gasteiger partial charge in [-0.1, -0.05) is 42.5 Å². The lowest BCUT2D eigenvalue weighted by atomic mass is 10.2. The molecule has 1 aromatic heterocycles. The zero-order valence-corrected chi connectivity index (χ0v) is 18.7. The van der Waals surface area contributed by atoms with Gasteiger partial charge in [-0.05, 0) is 36.8 Å². The molecule has 11 heteroatoms. The van der Waals surface area contributed by atoms with Gasteiger partial charge in [0, 0.05) is 0 Å². The smallest absolute Gasteiger partial charge is 0.280 e. The number of hydrogen-bond acceptors (Lipinski definition) is 7. The third-order valence-corrected chi connectivity index (χ3v) is 6.31. The Bertz CT molecular complexity index is 1250. The van der Waals surface area contributed by atoms with Crippen molar-refractivity contribution in [3.63, 3.8) is 0 Å². The van der Waals surface area contributed by atoms with Crippen LogP contribution in [0.1, 0.15) is 16.8 Å². The highest BCUT2D eigenvalue weighted by molar-refractivity contribution is 8.00. The zero-order valence-electron chi connectivity index (χ0n) is 17.1. The monoisotopic (exact) mass is 468 g/mol. The Morgan fingerprint density at radius 2 is 1.88 bits per heavy atom. The molecule has 164 valence electrons. The predicted octanol–water partition coefficient (Wildman–Crippen LogP) is 1.43. The van der Waals surface area contributed by atoms with Gasteiger partial charge in [-0.3, -0.25) is 30.1 Å². The van der Waals surface area contributed by atoms with Crippen molar-refractivity contribution in [2.45, 2.75) is 12.3 Å². The Morgan fingerprint density at radius 1 is 1.16 bits per heavy atom. The summed E-state index contributed by atoms with van der Waals surface area (Å²) in [5, 5.41) is 0.342. The molecule has 3 N–H and O–H groups in total. The van der Waals surface area contributed by atoms with E-state index < -0.39 is 5.91 Å². The number of amides is 2. The number of benzene rings is 2. The number of thioether (sulfide) groups is 1. The number of carbonyl (C=O) groups is 2. The molecule has 0 aliphatic carbocycles. The Morgan fingerprint density at radius 3 is 2.66 bits per heavy atom. The summed E-state index contributed by atoms with van der Waals surface area (Å²) >= 11 is 6.85. The maximum absolute atomic E-state index is 12.7. The molecule has 0 spiro atoms. The van der Waals surface area contributed by atoms with Crippen LogP contribution in [0.25, 0.3) is 10.9 Å². The van der Waals surface area contributed by atoms with Crippen molar-refractivity contribution >= 4 is 51.8 Å². The van der Waals surface area contributed by atoms with Crippen LogP contribution in [0.15, 0.2) is 59.4 Å². The highest BCUT2D eigenvalue weighted by Gasteiger charge is 2.35. The number of nitrogens with one attached hydrogen (secondary N) is 3. The summed E-state index contributed by atoms with van der Waals surface area (Å²) in [7, 11) is 0. The molecular formula is C21H20N6O3S2. The van der Waals surface area contributed by atoms with E-state index in [-0.39, 0.29) is 28.5 Å². The second-order valence-electron chi connectivity index (χ2n) is 6.97. The minimum absolute atomic E-state index is 0.114. The van der Waals surface area contributed by atoms with Crippen LogP contribution in [-0.4, -0.2) is 43.8 Å². The summed E-state index contributed by atoms with van der Waals surface area (Å²) in [6, 6.07) is 16.5. The van der Waals surface area contributed by atoms with Gasteiger partial charge in [0.15, 0.2) is 5.11 Å². The lowest BCUT2D eigenvalue weighted by Gasteiger charge is -2.25. The van der Waals surface area contributed by atoms with Gasteiger partial charge < -0.3 is 0 Å². The number of hydrazine groups is 1. The molecule has 2 amide bonds. The van der Waals surface area contributed by atoms with E-state index in [1.54, 1.807) is 31.2 Å². The molecule has 1 fully saturated rings. The zero-order chi connectivity index (χ0) is 22.7.